The standard InChI is InChI=1S/C4H8N2.C4H4N2/c2*1-2-4-6-5-3-1/h1,3,5-6H,2,4H2;1-4H. The van der Waals surface area contributed by atoms with Crippen LogP contribution in [0.4, 0.5) is 0 Å². The summed E-state index contributed by atoms with van der Waals surface area (Å²) in [7, 11) is 0. The maximum Gasteiger partial charge on any atom is 0.0496 e. The molecule has 2 heterocycles. The van der Waals surface area contributed by atoms with Crippen molar-refractivity contribution >= 4 is 0 Å². The van der Waals surface area contributed by atoms with Gasteiger partial charge in [0, 0.05) is 25.1 Å². The Morgan fingerprint density at radius 3 is 2.00 bits per heavy atom. The Bertz CT molecular complexity index is 175. The maximum absolute atomic E-state index is 3.53. The molecule has 0 saturated heterocycles. The van der Waals surface area contributed by atoms with E-state index in [0.29, 0.717) is 0 Å². The average Bonchev–Trinajstić information content (AvgIpc) is 2.24. The molecule has 0 radical (unpaired) electrons. The highest BCUT2D eigenvalue weighted by Crippen LogP contribution is 1.79. The van der Waals surface area contributed by atoms with Gasteiger partial charge in [-0.2, -0.15) is 10.2 Å². The predicted octanol–water partition coefficient (Wildman–Crippen LogP) is 0.475. The third-order valence-electron chi connectivity index (χ3n) is 1.22. The van der Waals surface area contributed by atoms with E-state index in [2.05, 4.69) is 27.1 Å². The Kier molecular flexibility index (Phi) is 4.55. The lowest BCUT2D eigenvalue weighted by atomic mass is 10.4. The van der Waals surface area contributed by atoms with Gasteiger partial charge in [0.1, 0.15) is 0 Å². The van der Waals surface area contributed by atoms with E-state index < -0.39 is 0 Å². The molecule has 2 rings (SSSR count). The fraction of sp³-hybridized carbons (Fsp3) is 0.250. The molecule has 4 heteroatoms. The van der Waals surface area contributed by atoms with Crippen LogP contribution >= 0.6 is 0 Å². The van der Waals surface area contributed by atoms with Crippen LogP contribution in [0, 0.1) is 0 Å². The SMILES string of the molecule is C1=CNNCC1.c1ccnnc1. The number of nitrogens with one attached hydrogen (secondary N) is 2. The van der Waals surface area contributed by atoms with Gasteiger partial charge in [-0.3, -0.25) is 0 Å². The van der Waals surface area contributed by atoms with Crippen LogP contribution in [0.2, 0.25) is 0 Å². The maximum atomic E-state index is 3.53. The number of rotatable bonds is 0. The summed E-state index contributed by atoms with van der Waals surface area (Å²) in [5.74, 6) is 0. The van der Waals surface area contributed by atoms with Gasteiger partial charge in [-0.25, -0.2) is 5.43 Å². The first-order valence-electron chi connectivity index (χ1n) is 3.85. The third-order valence-corrected chi connectivity index (χ3v) is 1.22. The predicted molar refractivity (Wildman–Crippen MR) is 46.9 cm³/mol. The summed E-state index contributed by atoms with van der Waals surface area (Å²) < 4.78 is 0. The van der Waals surface area contributed by atoms with Crippen LogP contribution in [0.25, 0.3) is 0 Å². The van der Waals surface area contributed by atoms with Gasteiger partial charge in [-0.05, 0) is 18.6 Å². The zero-order chi connectivity index (χ0) is 8.49. The lowest BCUT2D eigenvalue weighted by molar-refractivity contribution is 0.605. The van der Waals surface area contributed by atoms with Gasteiger partial charge < -0.3 is 5.43 Å². The summed E-state index contributed by atoms with van der Waals surface area (Å²) in [6.45, 7) is 1.05. The van der Waals surface area contributed by atoms with E-state index >= 15 is 0 Å². The molecular weight excluding hydrogens is 152 g/mol. The molecule has 12 heavy (non-hydrogen) atoms. The first-order chi connectivity index (χ1) is 6.00. The van der Waals surface area contributed by atoms with Gasteiger partial charge in [0.25, 0.3) is 0 Å². The molecule has 4 nitrogen and oxygen atoms in total. The summed E-state index contributed by atoms with van der Waals surface area (Å²) in [6, 6.07) is 3.65. The smallest absolute Gasteiger partial charge is 0.0496 e. The van der Waals surface area contributed by atoms with Crippen molar-refractivity contribution < 1.29 is 0 Å². The van der Waals surface area contributed by atoms with Gasteiger partial charge in [-0.15, -0.1) is 0 Å². The fourth-order valence-electron chi connectivity index (χ4n) is 0.682. The summed E-state index contributed by atoms with van der Waals surface area (Å²) in [5, 5.41) is 7.07. The largest absolute Gasteiger partial charge is 0.329 e. The van der Waals surface area contributed by atoms with Crippen molar-refractivity contribution in [1.82, 2.24) is 21.0 Å². The molecule has 0 spiro atoms. The van der Waals surface area contributed by atoms with Gasteiger partial charge in [0.2, 0.25) is 0 Å². The monoisotopic (exact) mass is 164 g/mol. The van der Waals surface area contributed by atoms with Gasteiger partial charge in [-0.1, -0.05) is 6.08 Å². The van der Waals surface area contributed by atoms with Crippen LogP contribution in [0.3, 0.4) is 0 Å². The van der Waals surface area contributed by atoms with Crippen molar-refractivity contribution in [3.05, 3.63) is 36.8 Å². The molecule has 0 atom stereocenters. The Labute approximate surface area is 71.7 Å². The summed E-state index contributed by atoms with van der Waals surface area (Å²) in [4.78, 5) is 0. The zero-order valence-electron chi connectivity index (χ0n) is 6.77. The van der Waals surface area contributed by atoms with Crippen LogP contribution in [0.5, 0.6) is 0 Å². The van der Waals surface area contributed by atoms with Crippen LogP contribution < -0.4 is 10.9 Å². The van der Waals surface area contributed by atoms with Crippen LogP contribution in [-0.2, 0) is 0 Å². The van der Waals surface area contributed by atoms with Crippen molar-refractivity contribution in [3.63, 3.8) is 0 Å². The minimum absolute atomic E-state index is 1.05. The molecule has 0 aromatic carbocycles. The molecule has 64 valence electrons. The molecule has 1 aliphatic rings. The Balaban J connectivity index is 0.000000120. The fourth-order valence-corrected chi connectivity index (χ4v) is 0.682. The van der Waals surface area contributed by atoms with Crippen LogP contribution in [-0.4, -0.2) is 16.7 Å². The highest BCUT2D eigenvalue weighted by Gasteiger charge is 1.82. The highest BCUT2D eigenvalue weighted by atomic mass is 15.3. The molecule has 1 aromatic heterocycles. The Morgan fingerprint density at radius 2 is 1.83 bits per heavy atom. The Hall–Kier alpha value is -1.42. The van der Waals surface area contributed by atoms with Crippen molar-refractivity contribution in [2.45, 2.75) is 6.42 Å². The molecule has 0 saturated carbocycles. The number of hydrogen-bond donors (Lipinski definition) is 2. The Morgan fingerprint density at radius 1 is 1.08 bits per heavy atom. The molecule has 0 fully saturated rings. The van der Waals surface area contributed by atoms with E-state index in [0.717, 1.165) is 13.0 Å². The van der Waals surface area contributed by atoms with Crippen molar-refractivity contribution in [2.24, 2.45) is 0 Å². The first-order valence-corrected chi connectivity index (χ1v) is 3.85. The van der Waals surface area contributed by atoms with Gasteiger partial charge >= 0.3 is 0 Å². The van der Waals surface area contributed by atoms with Gasteiger partial charge in [0.15, 0.2) is 0 Å². The van der Waals surface area contributed by atoms with Crippen molar-refractivity contribution in [1.29, 1.82) is 0 Å². The number of hydrogen-bond acceptors (Lipinski definition) is 4. The molecule has 0 aliphatic carbocycles. The summed E-state index contributed by atoms with van der Waals surface area (Å²) in [6.07, 6.45) is 8.42. The van der Waals surface area contributed by atoms with E-state index in [4.69, 9.17) is 0 Å². The third kappa shape index (κ3) is 4.40. The van der Waals surface area contributed by atoms with E-state index in [1.807, 2.05) is 18.3 Å². The van der Waals surface area contributed by atoms with Crippen LogP contribution in [0.15, 0.2) is 36.8 Å². The van der Waals surface area contributed by atoms with Crippen LogP contribution in [0.1, 0.15) is 6.42 Å². The molecular formula is C8H12N4. The summed E-state index contributed by atoms with van der Waals surface area (Å²) in [5.41, 5.74) is 5.80. The normalized spacial score (nSPS) is 14.0. The number of nitrogens with zero attached hydrogens (tertiary/aromatic N) is 2. The first kappa shape index (κ1) is 8.67. The molecule has 0 amide bonds. The quantitative estimate of drug-likeness (QED) is 0.585. The average molecular weight is 164 g/mol. The second-order valence-electron chi connectivity index (χ2n) is 2.18. The minimum Gasteiger partial charge on any atom is -0.329 e. The summed E-state index contributed by atoms with van der Waals surface area (Å²) >= 11 is 0. The van der Waals surface area contributed by atoms with E-state index in [9.17, 15) is 0 Å². The van der Waals surface area contributed by atoms with E-state index in [1.165, 1.54) is 0 Å². The van der Waals surface area contributed by atoms with E-state index in [1.54, 1.807) is 12.4 Å². The lowest BCUT2D eigenvalue weighted by Gasteiger charge is -2.04. The van der Waals surface area contributed by atoms with E-state index in [-0.39, 0.29) is 0 Å². The molecule has 1 aliphatic heterocycles. The molecule has 0 unspecified atom stereocenters. The molecule has 0 bridgehead atoms. The zero-order valence-corrected chi connectivity index (χ0v) is 6.77. The molecule has 1 aromatic rings. The van der Waals surface area contributed by atoms with Gasteiger partial charge in [0.05, 0.1) is 0 Å². The minimum atomic E-state index is 1.05. The van der Waals surface area contributed by atoms with Crippen molar-refractivity contribution in [2.75, 3.05) is 6.54 Å². The van der Waals surface area contributed by atoms with Crippen molar-refractivity contribution in [3.8, 4) is 0 Å². The number of hydrazine groups is 1. The highest BCUT2D eigenvalue weighted by molar-refractivity contribution is 4.82. The molecule has 2 N–H and O–H groups in total. The second kappa shape index (κ2) is 6.30. The number of aromatic nitrogens is 2. The second-order valence-corrected chi connectivity index (χ2v) is 2.18. The topological polar surface area (TPSA) is 49.8 Å². The lowest BCUT2D eigenvalue weighted by Crippen LogP contribution is -2.30.